The zero-order chi connectivity index (χ0) is 14.0. The summed E-state index contributed by atoms with van der Waals surface area (Å²) >= 11 is 0. The molecule has 1 aromatic heterocycles. The molecule has 2 atom stereocenters. The molecule has 1 fully saturated rings. The minimum Gasteiger partial charge on any atom is -0.481 e. The van der Waals surface area contributed by atoms with E-state index in [4.69, 9.17) is 0 Å². The zero-order valence-electron chi connectivity index (χ0n) is 11.2. The van der Waals surface area contributed by atoms with Crippen LogP contribution >= 0.6 is 0 Å². The third kappa shape index (κ3) is 2.62. The number of aromatic nitrogens is 2. The summed E-state index contributed by atoms with van der Waals surface area (Å²) in [6.07, 6.45) is 6.24. The minimum absolute atomic E-state index is 0.257. The molecule has 2 N–H and O–H groups in total. The summed E-state index contributed by atoms with van der Waals surface area (Å²) in [5.74, 6) is -1.10. The van der Waals surface area contributed by atoms with Crippen LogP contribution < -0.4 is 5.32 Å². The van der Waals surface area contributed by atoms with Crippen LogP contribution in [0.4, 0.5) is 0 Å². The number of rotatable bonds is 3. The van der Waals surface area contributed by atoms with Gasteiger partial charge in [0.05, 0.1) is 17.2 Å². The van der Waals surface area contributed by atoms with E-state index in [1.807, 2.05) is 0 Å². The molecule has 1 aliphatic carbocycles. The largest absolute Gasteiger partial charge is 0.481 e. The summed E-state index contributed by atoms with van der Waals surface area (Å²) in [5, 5.41) is 16.2. The fourth-order valence-electron chi connectivity index (χ4n) is 2.60. The van der Waals surface area contributed by atoms with E-state index in [2.05, 4.69) is 10.4 Å². The first-order valence-electron chi connectivity index (χ1n) is 6.46. The highest BCUT2D eigenvalue weighted by Crippen LogP contribution is 2.36. The molecule has 0 aromatic carbocycles. The molecule has 1 aromatic rings. The summed E-state index contributed by atoms with van der Waals surface area (Å²) in [5.41, 5.74) is -0.420. The highest BCUT2D eigenvalue weighted by Gasteiger charge is 2.43. The molecule has 1 amide bonds. The Morgan fingerprint density at radius 3 is 2.84 bits per heavy atom. The smallest absolute Gasteiger partial charge is 0.311 e. The average Bonchev–Trinajstić information content (AvgIpc) is 2.79. The van der Waals surface area contributed by atoms with Crippen LogP contribution in [0.3, 0.4) is 0 Å². The number of hydrogen-bond donors (Lipinski definition) is 2. The summed E-state index contributed by atoms with van der Waals surface area (Å²) in [6, 6.07) is -0.327. The first-order chi connectivity index (χ1) is 8.93. The first-order valence-corrected chi connectivity index (χ1v) is 6.46. The molecule has 0 bridgehead atoms. The van der Waals surface area contributed by atoms with Gasteiger partial charge >= 0.3 is 5.97 Å². The number of hydrogen-bond acceptors (Lipinski definition) is 3. The van der Waals surface area contributed by atoms with Crippen molar-refractivity contribution in [1.82, 2.24) is 15.1 Å². The maximum Gasteiger partial charge on any atom is 0.311 e. The van der Waals surface area contributed by atoms with Crippen molar-refractivity contribution < 1.29 is 14.7 Å². The Hall–Kier alpha value is -1.85. The minimum atomic E-state index is -0.879. The number of amides is 1. The van der Waals surface area contributed by atoms with Crippen molar-refractivity contribution in [2.24, 2.45) is 12.5 Å². The van der Waals surface area contributed by atoms with Crippen LogP contribution in [0.5, 0.6) is 0 Å². The Bertz CT molecular complexity index is 497. The van der Waals surface area contributed by atoms with Crippen molar-refractivity contribution in [3.63, 3.8) is 0 Å². The van der Waals surface area contributed by atoms with Crippen molar-refractivity contribution in [3.8, 4) is 0 Å². The van der Waals surface area contributed by atoms with Crippen LogP contribution in [-0.2, 0) is 11.8 Å². The molecular formula is C13H19N3O3. The second kappa shape index (κ2) is 5.03. The van der Waals surface area contributed by atoms with Gasteiger partial charge in [-0.1, -0.05) is 12.8 Å². The van der Waals surface area contributed by atoms with E-state index in [1.54, 1.807) is 24.9 Å². The van der Waals surface area contributed by atoms with Gasteiger partial charge in [0.25, 0.3) is 5.91 Å². The number of aliphatic carboxylic acids is 1. The number of carboxylic acid groups (broad SMARTS) is 1. The van der Waals surface area contributed by atoms with E-state index in [9.17, 15) is 14.7 Å². The summed E-state index contributed by atoms with van der Waals surface area (Å²) in [4.78, 5) is 23.5. The molecule has 0 saturated heterocycles. The summed E-state index contributed by atoms with van der Waals surface area (Å²) in [7, 11) is 1.73. The monoisotopic (exact) mass is 265 g/mol. The van der Waals surface area contributed by atoms with Gasteiger partial charge in [-0.2, -0.15) is 5.10 Å². The van der Waals surface area contributed by atoms with Crippen LogP contribution in [0, 0.1) is 5.41 Å². The molecule has 0 spiro atoms. The van der Waals surface area contributed by atoms with E-state index in [-0.39, 0.29) is 11.9 Å². The van der Waals surface area contributed by atoms with Gasteiger partial charge in [-0.25, -0.2) is 0 Å². The van der Waals surface area contributed by atoms with E-state index in [0.29, 0.717) is 18.4 Å². The fraction of sp³-hybridized carbons (Fsp3) is 0.615. The molecule has 6 nitrogen and oxygen atoms in total. The third-order valence-electron chi connectivity index (χ3n) is 3.97. The standard InChI is InChI=1S/C13H19N3O3/c1-13(12(18)19)6-4-3-5-10(13)15-11(17)9-7-14-16(2)8-9/h7-8,10H,3-6H2,1-2H3,(H,15,17)(H,18,19). The predicted octanol–water partition coefficient (Wildman–Crippen LogP) is 1.18. The van der Waals surface area contributed by atoms with E-state index in [1.165, 1.54) is 6.20 Å². The van der Waals surface area contributed by atoms with Gasteiger partial charge < -0.3 is 10.4 Å². The molecular weight excluding hydrogens is 246 g/mol. The Kier molecular flexibility index (Phi) is 3.59. The zero-order valence-corrected chi connectivity index (χ0v) is 11.2. The van der Waals surface area contributed by atoms with Crippen molar-refractivity contribution in [2.75, 3.05) is 0 Å². The number of nitrogens with one attached hydrogen (secondary N) is 1. The van der Waals surface area contributed by atoms with E-state index >= 15 is 0 Å². The average molecular weight is 265 g/mol. The van der Waals surface area contributed by atoms with Gasteiger partial charge in [-0.15, -0.1) is 0 Å². The third-order valence-corrected chi connectivity index (χ3v) is 3.97. The van der Waals surface area contributed by atoms with E-state index < -0.39 is 11.4 Å². The summed E-state index contributed by atoms with van der Waals surface area (Å²) in [6.45, 7) is 1.71. The van der Waals surface area contributed by atoms with Gasteiger partial charge in [0.1, 0.15) is 0 Å². The molecule has 19 heavy (non-hydrogen) atoms. The van der Waals surface area contributed by atoms with Crippen LogP contribution in [0.25, 0.3) is 0 Å². The Balaban J connectivity index is 2.12. The normalized spacial score (nSPS) is 26.9. The molecule has 1 aliphatic rings. The lowest BCUT2D eigenvalue weighted by Crippen LogP contribution is -2.52. The van der Waals surface area contributed by atoms with Gasteiger partial charge in [0.15, 0.2) is 0 Å². The number of carboxylic acids is 1. The molecule has 2 rings (SSSR count). The lowest BCUT2D eigenvalue weighted by atomic mass is 9.71. The lowest BCUT2D eigenvalue weighted by Gasteiger charge is -2.38. The molecule has 0 aliphatic heterocycles. The molecule has 2 unspecified atom stereocenters. The van der Waals surface area contributed by atoms with Gasteiger partial charge in [0, 0.05) is 19.3 Å². The number of aryl methyl sites for hydroxylation is 1. The Morgan fingerprint density at radius 1 is 1.53 bits per heavy atom. The van der Waals surface area contributed by atoms with E-state index in [0.717, 1.165) is 12.8 Å². The molecule has 104 valence electrons. The maximum atomic E-state index is 12.1. The lowest BCUT2D eigenvalue weighted by molar-refractivity contribution is -0.151. The quantitative estimate of drug-likeness (QED) is 0.859. The van der Waals surface area contributed by atoms with Crippen molar-refractivity contribution in [3.05, 3.63) is 18.0 Å². The molecule has 6 heteroatoms. The fourth-order valence-corrected chi connectivity index (χ4v) is 2.60. The van der Waals surface area contributed by atoms with Crippen molar-refractivity contribution in [2.45, 2.75) is 38.6 Å². The topological polar surface area (TPSA) is 84.2 Å². The number of nitrogens with zero attached hydrogens (tertiary/aromatic N) is 2. The Morgan fingerprint density at radius 2 is 2.26 bits per heavy atom. The predicted molar refractivity (Wildman–Crippen MR) is 68.7 cm³/mol. The molecule has 1 saturated carbocycles. The second-order valence-corrected chi connectivity index (χ2v) is 5.40. The highest BCUT2D eigenvalue weighted by molar-refractivity contribution is 5.94. The van der Waals surface area contributed by atoms with Crippen molar-refractivity contribution >= 4 is 11.9 Å². The van der Waals surface area contributed by atoms with Crippen LogP contribution in [0.15, 0.2) is 12.4 Å². The van der Waals surface area contributed by atoms with Crippen LogP contribution in [-0.4, -0.2) is 32.8 Å². The number of carbonyl (C=O) groups is 2. The van der Waals surface area contributed by atoms with Gasteiger partial charge in [-0.05, 0) is 19.8 Å². The first kappa shape index (κ1) is 13.6. The van der Waals surface area contributed by atoms with Crippen LogP contribution in [0.2, 0.25) is 0 Å². The van der Waals surface area contributed by atoms with Crippen molar-refractivity contribution in [1.29, 1.82) is 0 Å². The molecule has 0 radical (unpaired) electrons. The van der Waals surface area contributed by atoms with Crippen LogP contribution in [0.1, 0.15) is 43.0 Å². The van der Waals surface area contributed by atoms with Gasteiger partial charge in [-0.3, -0.25) is 14.3 Å². The Labute approximate surface area is 111 Å². The SMILES string of the molecule is Cn1cc(C(=O)NC2CCCCC2(C)C(=O)O)cn1. The second-order valence-electron chi connectivity index (χ2n) is 5.40. The summed E-state index contributed by atoms with van der Waals surface area (Å²) < 4.78 is 1.55. The highest BCUT2D eigenvalue weighted by atomic mass is 16.4. The van der Waals surface area contributed by atoms with Gasteiger partial charge in [0.2, 0.25) is 0 Å². The molecule has 1 heterocycles. The maximum absolute atomic E-state index is 12.1. The number of carbonyl (C=O) groups excluding carboxylic acids is 1.